The Kier molecular flexibility index (Phi) is 4.76. The van der Waals surface area contributed by atoms with Gasteiger partial charge in [-0.15, -0.1) is 5.10 Å². The van der Waals surface area contributed by atoms with Crippen LogP contribution in [0.3, 0.4) is 0 Å². The molecule has 1 aromatic carbocycles. The molecule has 3 rings (SSSR count). The summed E-state index contributed by atoms with van der Waals surface area (Å²) in [6.45, 7) is 3.54. The molecule has 5 nitrogen and oxygen atoms in total. The maximum atomic E-state index is 12.4. The van der Waals surface area contributed by atoms with E-state index in [9.17, 15) is 4.79 Å². The van der Waals surface area contributed by atoms with Crippen LogP contribution in [0.15, 0.2) is 36.4 Å². The van der Waals surface area contributed by atoms with Gasteiger partial charge in [-0.1, -0.05) is 17.7 Å². The van der Waals surface area contributed by atoms with Gasteiger partial charge in [-0.2, -0.15) is 5.10 Å². The highest BCUT2D eigenvalue weighted by atomic mass is 35.5. The molecule has 0 bridgehead atoms. The van der Waals surface area contributed by atoms with Crippen molar-refractivity contribution in [2.45, 2.75) is 19.8 Å². The van der Waals surface area contributed by atoms with E-state index in [1.165, 1.54) is 0 Å². The highest BCUT2D eigenvalue weighted by molar-refractivity contribution is 6.30. The van der Waals surface area contributed by atoms with Crippen LogP contribution in [0.1, 0.15) is 18.5 Å². The minimum atomic E-state index is 0.0173. The van der Waals surface area contributed by atoms with Gasteiger partial charge in [0.1, 0.15) is 0 Å². The summed E-state index contributed by atoms with van der Waals surface area (Å²) >= 11 is 5.94. The number of carbonyl (C=O) groups is 1. The molecule has 0 saturated carbocycles. The zero-order valence-electron chi connectivity index (χ0n) is 13.0. The van der Waals surface area contributed by atoms with Gasteiger partial charge in [0.2, 0.25) is 5.91 Å². The van der Waals surface area contributed by atoms with Gasteiger partial charge in [-0.25, -0.2) is 0 Å². The van der Waals surface area contributed by atoms with Crippen molar-refractivity contribution in [2.24, 2.45) is 5.92 Å². The molecule has 0 unspecified atom stereocenters. The molecular weight excluding hydrogens is 312 g/mol. The predicted octanol–water partition coefficient (Wildman–Crippen LogP) is 3.29. The molecule has 1 aliphatic rings. The minimum Gasteiger partial charge on any atom is -0.355 e. The summed E-state index contributed by atoms with van der Waals surface area (Å²) in [7, 11) is 0. The Balaban J connectivity index is 1.56. The lowest BCUT2D eigenvalue weighted by molar-refractivity contribution is -0.120. The van der Waals surface area contributed by atoms with Crippen LogP contribution in [-0.2, 0) is 4.79 Å². The molecule has 2 heterocycles. The van der Waals surface area contributed by atoms with Crippen molar-refractivity contribution < 1.29 is 4.79 Å². The van der Waals surface area contributed by atoms with Gasteiger partial charge in [-0.3, -0.25) is 4.79 Å². The molecule has 0 radical (unpaired) electrons. The fourth-order valence-corrected chi connectivity index (χ4v) is 2.93. The summed E-state index contributed by atoms with van der Waals surface area (Å²) in [6, 6.07) is 11.2. The lowest BCUT2D eigenvalue weighted by Crippen LogP contribution is -2.38. The van der Waals surface area contributed by atoms with E-state index in [0.717, 1.165) is 43.1 Å². The molecule has 23 heavy (non-hydrogen) atoms. The second kappa shape index (κ2) is 6.96. The summed E-state index contributed by atoms with van der Waals surface area (Å²) in [4.78, 5) is 14.5. The SMILES string of the molecule is Cc1ccc(N2CCC(C(=O)Nc3cccc(Cl)c3)CC2)nn1. The van der Waals surface area contributed by atoms with E-state index in [4.69, 9.17) is 11.6 Å². The Hall–Kier alpha value is -2.14. The average molecular weight is 331 g/mol. The quantitative estimate of drug-likeness (QED) is 0.938. The zero-order chi connectivity index (χ0) is 16.2. The number of nitrogens with zero attached hydrogens (tertiary/aromatic N) is 3. The van der Waals surface area contributed by atoms with Gasteiger partial charge in [-0.05, 0) is 50.1 Å². The minimum absolute atomic E-state index is 0.0173. The van der Waals surface area contributed by atoms with E-state index in [1.807, 2.05) is 31.2 Å². The first-order valence-corrected chi connectivity index (χ1v) is 8.11. The van der Waals surface area contributed by atoms with Crippen LogP contribution < -0.4 is 10.2 Å². The number of anilines is 2. The molecule has 2 aromatic rings. The largest absolute Gasteiger partial charge is 0.355 e. The van der Waals surface area contributed by atoms with Crippen LogP contribution in [-0.4, -0.2) is 29.2 Å². The summed E-state index contributed by atoms with van der Waals surface area (Å²) in [5.74, 6) is 0.954. The number of aromatic nitrogens is 2. The Morgan fingerprint density at radius 3 is 2.65 bits per heavy atom. The Morgan fingerprint density at radius 2 is 2.00 bits per heavy atom. The average Bonchev–Trinajstić information content (AvgIpc) is 2.56. The van der Waals surface area contributed by atoms with Crippen LogP contribution in [0.2, 0.25) is 5.02 Å². The van der Waals surface area contributed by atoms with Crippen molar-refractivity contribution in [3.05, 3.63) is 47.1 Å². The first-order valence-electron chi connectivity index (χ1n) is 7.73. The third kappa shape index (κ3) is 3.99. The van der Waals surface area contributed by atoms with E-state index in [-0.39, 0.29) is 11.8 Å². The van der Waals surface area contributed by atoms with Crippen LogP contribution in [0.4, 0.5) is 11.5 Å². The van der Waals surface area contributed by atoms with Gasteiger partial charge in [0.25, 0.3) is 0 Å². The summed E-state index contributed by atoms with van der Waals surface area (Å²) < 4.78 is 0. The molecule has 1 saturated heterocycles. The molecule has 120 valence electrons. The molecule has 0 atom stereocenters. The Bertz CT molecular complexity index is 681. The van der Waals surface area contributed by atoms with Crippen molar-refractivity contribution in [2.75, 3.05) is 23.3 Å². The van der Waals surface area contributed by atoms with Crippen molar-refractivity contribution in [3.8, 4) is 0 Å². The third-order valence-corrected chi connectivity index (χ3v) is 4.30. The van der Waals surface area contributed by atoms with Crippen molar-refractivity contribution in [3.63, 3.8) is 0 Å². The number of hydrogen-bond donors (Lipinski definition) is 1. The molecule has 1 N–H and O–H groups in total. The fraction of sp³-hybridized carbons (Fsp3) is 0.353. The van der Waals surface area contributed by atoms with Crippen molar-refractivity contribution >= 4 is 29.0 Å². The number of hydrogen-bond acceptors (Lipinski definition) is 4. The maximum absolute atomic E-state index is 12.4. The lowest BCUT2D eigenvalue weighted by atomic mass is 9.96. The number of piperidine rings is 1. The van der Waals surface area contributed by atoms with Crippen LogP contribution in [0.25, 0.3) is 0 Å². The lowest BCUT2D eigenvalue weighted by Gasteiger charge is -2.31. The normalized spacial score (nSPS) is 15.5. The number of amides is 1. The standard InChI is InChI=1S/C17H19ClN4O/c1-12-5-6-16(21-20-12)22-9-7-13(8-10-22)17(23)19-15-4-2-3-14(18)11-15/h2-6,11,13H,7-10H2,1H3,(H,19,23). The van der Waals surface area contributed by atoms with Crippen molar-refractivity contribution in [1.29, 1.82) is 0 Å². The van der Waals surface area contributed by atoms with E-state index >= 15 is 0 Å². The second-order valence-electron chi connectivity index (χ2n) is 5.79. The first-order chi connectivity index (χ1) is 11.1. The molecule has 1 amide bonds. The number of halogens is 1. The fourth-order valence-electron chi connectivity index (χ4n) is 2.74. The van der Waals surface area contributed by atoms with Gasteiger partial charge >= 0.3 is 0 Å². The predicted molar refractivity (Wildman–Crippen MR) is 91.8 cm³/mol. The highest BCUT2D eigenvalue weighted by Crippen LogP contribution is 2.23. The topological polar surface area (TPSA) is 58.1 Å². The summed E-state index contributed by atoms with van der Waals surface area (Å²) in [5.41, 5.74) is 1.65. The number of carbonyl (C=O) groups excluding carboxylic acids is 1. The smallest absolute Gasteiger partial charge is 0.227 e. The van der Waals surface area contributed by atoms with E-state index in [0.29, 0.717) is 5.02 Å². The third-order valence-electron chi connectivity index (χ3n) is 4.07. The van der Waals surface area contributed by atoms with Crippen molar-refractivity contribution in [1.82, 2.24) is 10.2 Å². The Labute approximate surface area is 140 Å². The zero-order valence-corrected chi connectivity index (χ0v) is 13.8. The molecule has 1 aliphatic heterocycles. The van der Waals surface area contributed by atoms with E-state index in [1.54, 1.807) is 12.1 Å². The molecule has 0 aliphatic carbocycles. The van der Waals surface area contributed by atoms with Crippen LogP contribution >= 0.6 is 11.6 Å². The van der Waals surface area contributed by atoms with Crippen LogP contribution in [0.5, 0.6) is 0 Å². The highest BCUT2D eigenvalue weighted by Gasteiger charge is 2.25. The molecule has 1 aromatic heterocycles. The summed E-state index contributed by atoms with van der Waals surface area (Å²) in [5, 5.41) is 11.9. The summed E-state index contributed by atoms with van der Waals surface area (Å²) in [6.07, 6.45) is 1.61. The number of nitrogens with one attached hydrogen (secondary N) is 1. The number of benzene rings is 1. The van der Waals surface area contributed by atoms with Crippen LogP contribution in [0, 0.1) is 12.8 Å². The van der Waals surface area contributed by atoms with Gasteiger partial charge in [0, 0.05) is 29.7 Å². The first kappa shape index (κ1) is 15.7. The van der Waals surface area contributed by atoms with Gasteiger partial charge in [0.05, 0.1) is 5.69 Å². The van der Waals surface area contributed by atoms with E-state index in [2.05, 4.69) is 20.4 Å². The monoisotopic (exact) mass is 330 g/mol. The molecular formula is C17H19ClN4O. The second-order valence-corrected chi connectivity index (χ2v) is 6.23. The number of rotatable bonds is 3. The number of aryl methyl sites for hydroxylation is 1. The van der Waals surface area contributed by atoms with Gasteiger partial charge in [0.15, 0.2) is 5.82 Å². The Morgan fingerprint density at radius 1 is 1.22 bits per heavy atom. The molecule has 0 spiro atoms. The van der Waals surface area contributed by atoms with Gasteiger partial charge < -0.3 is 10.2 Å². The molecule has 6 heteroatoms. The maximum Gasteiger partial charge on any atom is 0.227 e. The molecule has 1 fully saturated rings. The van der Waals surface area contributed by atoms with E-state index < -0.39 is 0 Å².